The number of amides is 1. The lowest BCUT2D eigenvalue weighted by molar-refractivity contribution is -0.137. The highest BCUT2D eigenvalue weighted by atomic mass is 79.9. The van der Waals surface area contributed by atoms with Gasteiger partial charge < -0.3 is 15.2 Å². The van der Waals surface area contributed by atoms with Gasteiger partial charge in [-0.05, 0) is 30.5 Å². The van der Waals surface area contributed by atoms with E-state index in [4.69, 9.17) is 9.84 Å². The van der Waals surface area contributed by atoms with Crippen LogP contribution < -0.4 is 5.32 Å². The van der Waals surface area contributed by atoms with Crippen molar-refractivity contribution >= 4 is 27.8 Å². The van der Waals surface area contributed by atoms with Crippen molar-refractivity contribution in [3.05, 3.63) is 34.3 Å². The van der Waals surface area contributed by atoms with Gasteiger partial charge in [0.15, 0.2) is 0 Å². The van der Waals surface area contributed by atoms with Crippen LogP contribution in [0.2, 0.25) is 0 Å². The fourth-order valence-corrected chi connectivity index (χ4v) is 2.37. The summed E-state index contributed by atoms with van der Waals surface area (Å²) in [6.45, 7) is 0.622. The molecule has 0 heterocycles. The maximum atomic E-state index is 11.9. The van der Waals surface area contributed by atoms with Gasteiger partial charge in [-0.25, -0.2) is 0 Å². The molecule has 0 radical (unpaired) electrons. The van der Waals surface area contributed by atoms with Gasteiger partial charge >= 0.3 is 5.97 Å². The third-order valence-corrected chi connectivity index (χ3v) is 3.46. The molecule has 0 saturated heterocycles. The van der Waals surface area contributed by atoms with Crippen molar-refractivity contribution < 1.29 is 19.4 Å². The first-order chi connectivity index (χ1) is 10.0. The molecule has 6 heteroatoms. The van der Waals surface area contributed by atoms with E-state index in [-0.39, 0.29) is 12.3 Å². The van der Waals surface area contributed by atoms with Gasteiger partial charge in [-0.3, -0.25) is 9.59 Å². The second kappa shape index (κ2) is 9.52. The lowest BCUT2D eigenvalue weighted by Crippen LogP contribution is -2.30. The molecular weight excluding hydrogens is 338 g/mol. The van der Waals surface area contributed by atoms with E-state index >= 15 is 0 Å². The molecule has 2 N–H and O–H groups in total. The fraction of sp³-hybridized carbons (Fsp3) is 0.467. The summed E-state index contributed by atoms with van der Waals surface area (Å²) in [6, 6.07) is 6.78. The van der Waals surface area contributed by atoms with E-state index in [9.17, 15) is 9.59 Å². The third kappa shape index (κ3) is 7.24. The van der Waals surface area contributed by atoms with E-state index in [1.54, 1.807) is 7.11 Å². The molecule has 1 atom stereocenters. The van der Waals surface area contributed by atoms with Crippen molar-refractivity contribution in [2.24, 2.45) is 0 Å². The number of aliphatic carboxylic acids is 1. The number of unbranched alkanes of at least 4 members (excludes halogenated alkanes) is 1. The van der Waals surface area contributed by atoms with E-state index in [0.29, 0.717) is 13.0 Å². The van der Waals surface area contributed by atoms with E-state index in [2.05, 4.69) is 21.2 Å². The molecule has 0 aliphatic heterocycles. The lowest BCUT2D eigenvalue weighted by Gasteiger charge is -2.17. The largest absolute Gasteiger partial charge is 0.481 e. The molecule has 0 saturated carbocycles. The molecule has 21 heavy (non-hydrogen) atoms. The van der Waals surface area contributed by atoms with Gasteiger partial charge in [-0.1, -0.05) is 28.1 Å². The molecule has 1 aromatic carbocycles. The Hall–Kier alpha value is -1.40. The summed E-state index contributed by atoms with van der Waals surface area (Å²) in [5, 5.41) is 11.8. The molecular formula is C15H20BrNO4. The summed E-state index contributed by atoms with van der Waals surface area (Å²) in [7, 11) is 1.62. The van der Waals surface area contributed by atoms with Crippen molar-refractivity contribution in [3.63, 3.8) is 0 Å². The Morgan fingerprint density at radius 1 is 1.38 bits per heavy atom. The molecule has 5 nitrogen and oxygen atoms in total. The van der Waals surface area contributed by atoms with Crippen molar-refractivity contribution in [1.82, 2.24) is 5.32 Å². The number of hydrogen-bond donors (Lipinski definition) is 2. The van der Waals surface area contributed by atoms with Crippen LogP contribution in [0.1, 0.15) is 37.3 Å². The molecule has 1 rings (SSSR count). The predicted octanol–water partition coefficient (Wildman–Crippen LogP) is 2.90. The van der Waals surface area contributed by atoms with Crippen molar-refractivity contribution in [1.29, 1.82) is 0 Å². The summed E-state index contributed by atoms with van der Waals surface area (Å²) in [5.74, 6) is -1.09. The maximum Gasteiger partial charge on any atom is 0.305 e. The van der Waals surface area contributed by atoms with Gasteiger partial charge in [0, 0.05) is 24.6 Å². The fourth-order valence-electron chi connectivity index (χ4n) is 1.95. The molecule has 0 aliphatic rings. The van der Waals surface area contributed by atoms with Gasteiger partial charge in [0.2, 0.25) is 5.91 Å². The van der Waals surface area contributed by atoms with Crippen LogP contribution in [0.5, 0.6) is 0 Å². The van der Waals surface area contributed by atoms with Crippen LogP contribution in [-0.2, 0) is 14.3 Å². The van der Waals surface area contributed by atoms with E-state index < -0.39 is 12.0 Å². The van der Waals surface area contributed by atoms with Crippen LogP contribution in [0.3, 0.4) is 0 Å². The number of ether oxygens (including phenoxy) is 1. The summed E-state index contributed by atoms with van der Waals surface area (Å²) in [6.07, 6.45) is 1.76. The SMILES string of the molecule is COCCCCC(=O)NC(CC(=O)O)c1cccc(Br)c1. The molecule has 116 valence electrons. The summed E-state index contributed by atoms with van der Waals surface area (Å²) >= 11 is 3.35. The zero-order chi connectivity index (χ0) is 15.7. The van der Waals surface area contributed by atoms with Gasteiger partial charge in [0.1, 0.15) is 0 Å². The summed E-state index contributed by atoms with van der Waals surface area (Å²) in [5.41, 5.74) is 0.775. The lowest BCUT2D eigenvalue weighted by atomic mass is 10.0. The smallest absolute Gasteiger partial charge is 0.305 e. The number of carbonyl (C=O) groups excluding carboxylic acids is 1. The number of carbonyl (C=O) groups is 2. The Morgan fingerprint density at radius 3 is 2.76 bits per heavy atom. The minimum Gasteiger partial charge on any atom is -0.481 e. The standard InChI is InChI=1S/C15H20BrNO4/c1-21-8-3-2-7-14(18)17-13(10-15(19)20)11-5-4-6-12(16)9-11/h4-6,9,13H,2-3,7-8,10H2,1H3,(H,17,18)(H,19,20). The minimum absolute atomic E-state index is 0.139. The molecule has 0 spiro atoms. The number of halogens is 1. The van der Waals surface area contributed by atoms with Crippen LogP contribution >= 0.6 is 15.9 Å². The van der Waals surface area contributed by atoms with Crippen molar-refractivity contribution in [2.75, 3.05) is 13.7 Å². The predicted molar refractivity (Wildman–Crippen MR) is 83.0 cm³/mol. The Morgan fingerprint density at radius 2 is 2.14 bits per heavy atom. The number of benzene rings is 1. The van der Waals surface area contributed by atoms with Crippen molar-refractivity contribution in [2.45, 2.75) is 31.7 Å². The van der Waals surface area contributed by atoms with Gasteiger partial charge in [0.25, 0.3) is 0 Å². The molecule has 0 fully saturated rings. The number of carboxylic acids is 1. The highest BCUT2D eigenvalue weighted by Crippen LogP contribution is 2.21. The number of carboxylic acid groups (broad SMARTS) is 1. The van der Waals surface area contributed by atoms with Gasteiger partial charge in [0.05, 0.1) is 12.5 Å². The minimum atomic E-state index is -0.945. The first kappa shape index (κ1) is 17.7. The average molecular weight is 358 g/mol. The van der Waals surface area contributed by atoms with E-state index in [0.717, 1.165) is 22.9 Å². The quantitative estimate of drug-likeness (QED) is 0.666. The normalized spacial score (nSPS) is 11.9. The Kier molecular flexibility index (Phi) is 8.00. The molecule has 1 aromatic rings. The van der Waals surface area contributed by atoms with Crippen LogP contribution in [0.4, 0.5) is 0 Å². The number of nitrogens with one attached hydrogen (secondary N) is 1. The number of hydrogen-bond acceptors (Lipinski definition) is 3. The number of rotatable bonds is 9. The van der Waals surface area contributed by atoms with E-state index in [1.807, 2.05) is 24.3 Å². The highest BCUT2D eigenvalue weighted by molar-refractivity contribution is 9.10. The second-order valence-electron chi connectivity index (χ2n) is 4.72. The molecule has 0 bridgehead atoms. The second-order valence-corrected chi connectivity index (χ2v) is 5.64. The maximum absolute atomic E-state index is 11.9. The summed E-state index contributed by atoms with van der Waals surface area (Å²) in [4.78, 5) is 22.9. The number of methoxy groups -OCH3 is 1. The molecule has 1 amide bonds. The Bertz CT molecular complexity index is 478. The average Bonchev–Trinajstić information content (AvgIpc) is 2.42. The molecule has 1 unspecified atom stereocenters. The van der Waals surface area contributed by atoms with E-state index in [1.165, 1.54) is 0 Å². The Balaban J connectivity index is 2.62. The first-order valence-corrected chi connectivity index (χ1v) is 7.57. The summed E-state index contributed by atoms with van der Waals surface area (Å²) < 4.78 is 5.78. The van der Waals surface area contributed by atoms with Crippen LogP contribution in [0.25, 0.3) is 0 Å². The monoisotopic (exact) mass is 357 g/mol. The highest BCUT2D eigenvalue weighted by Gasteiger charge is 2.18. The van der Waals surface area contributed by atoms with Crippen LogP contribution in [0, 0.1) is 0 Å². The Labute approximate surface area is 132 Å². The van der Waals surface area contributed by atoms with Crippen LogP contribution in [0.15, 0.2) is 28.7 Å². The van der Waals surface area contributed by atoms with Crippen LogP contribution in [-0.4, -0.2) is 30.7 Å². The topological polar surface area (TPSA) is 75.6 Å². The van der Waals surface area contributed by atoms with Gasteiger partial charge in [-0.2, -0.15) is 0 Å². The first-order valence-electron chi connectivity index (χ1n) is 6.78. The molecule has 0 aliphatic carbocycles. The van der Waals surface area contributed by atoms with Gasteiger partial charge in [-0.15, -0.1) is 0 Å². The zero-order valence-corrected chi connectivity index (χ0v) is 13.6. The van der Waals surface area contributed by atoms with Crippen molar-refractivity contribution in [3.8, 4) is 0 Å². The third-order valence-electron chi connectivity index (χ3n) is 2.97. The molecule has 0 aromatic heterocycles. The zero-order valence-electron chi connectivity index (χ0n) is 12.0.